The van der Waals surface area contributed by atoms with Crippen molar-refractivity contribution in [2.24, 2.45) is 5.10 Å². The molecule has 1 aliphatic rings. The Hall–Kier alpha value is -3.97. The largest absolute Gasteiger partial charge is 0.490 e. The van der Waals surface area contributed by atoms with Gasteiger partial charge in [-0.25, -0.2) is 4.98 Å². The maximum absolute atomic E-state index is 13.6. The molecule has 0 unspecified atom stereocenters. The molecule has 4 aromatic carbocycles. The van der Waals surface area contributed by atoms with Crippen LogP contribution in [0.4, 0.5) is 0 Å². The molecule has 0 spiro atoms. The number of rotatable bonds is 8. The zero-order valence-corrected chi connectivity index (χ0v) is 24.6. The Labute approximate surface area is 247 Å². The van der Waals surface area contributed by atoms with Crippen LogP contribution in [-0.4, -0.2) is 22.5 Å². The van der Waals surface area contributed by atoms with E-state index in [0.29, 0.717) is 30.1 Å². The Morgan fingerprint density at radius 1 is 0.927 bits per heavy atom. The zero-order chi connectivity index (χ0) is 28.2. The van der Waals surface area contributed by atoms with Gasteiger partial charge in [0.1, 0.15) is 12.4 Å². The predicted molar refractivity (Wildman–Crippen MR) is 168 cm³/mol. The fourth-order valence-corrected chi connectivity index (χ4v) is 6.03. The fraction of sp³-hybridized carbons (Fsp3) is 0.265. The topological polar surface area (TPSA) is 65.7 Å². The van der Waals surface area contributed by atoms with Crippen LogP contribution in [0.2, 0.25) is 0 Å². The third-order valence-electron chi connectivity index (χ3n) is 7.69. The minimum absolute atomic E-state index is 0.149. The van der Waals surface area contributed by atoms with E-state index in [4.69, 9.17) is 19.6 Å². The number of ether oxygens (including phenoxy) is 2. The van der Waals surface area contributed by atoms with Crippen molar-refractivity contribution in [3.05, 3.63) is 111 Å². The third kappa shape index (κ3) is 5.77. The second-order valence-electron chi connectivity index (χ2n) is 10.4. The van der Waals surface area contributed by atoms with Gasteiger partial charge in [-0.1, -0.05) is 73.9 Å². The molecular formula is C34H32BrN3O3. The number of fused-ring (bicyclic) bond motifs is 2. The normalized spacial score (nSPS) is 14.2. The van der Waals surface area contributed by atoms with E-state index in [-0.39, 0.29) is 11.5 Å². The Bertz CT molecular complexity index is 1790. The summed E-state index contributed by atoms with van der Waals surface area (Å²) in [5.41, 5.74) is 2.45. The molecule has 0 radical (unpaired) electrons. The summed E-state index contributed by atoms with van der Waals surface area (Å²) in [6.07, 6.45) is 7.23. The average Bonchev–Trinajstić information content (AvgIpc) is 3.01. The standard InChI is InChI=1S/C34H32BrN3O3/c1-2-40-31-19-26(29(35)20-32(31)41-22-25-15-10-14-23-11-6-7-16-27(23)25)21-36-38-33(24-12-4-3-5-13-24)37-30-18-9-8-17-28(30)34(38)39/h6-11,14-21,24H,2-5,12-13,22H2,1H3. The van der Waals surface area contributed by atoms with Crippen LogP contribution in [0.3, 0.4) is 0 Å². The molecule has 1 fully saturated rings. The summed E-state index contributed by atoms with van der Waals surface area (Å²) in [5.74, 6) is 2.21. The van der Waals surface area contributed by atoms with Crippen molar-refractivity contribution < 1.29 is 9.47 Å². The Morgan fingerprint density at radius 3 is 2.49 bits per heavy atom. The number of hydrogen-bond donors (Lipinski definition) is 0. The minimum Gasteiger partial charge on any atom is -0.490 e. The van der Waals surface area contributed by atoms with Crippen LogP contribution in [0.5, 0.6) is 11.5 Å². The first-order valence-corrected chi connectivity index (χ1v) is 15.0. The molecule has 0 atom stereocenters. The van der Waals surface area contributed by atoms with Gasteiger partial charge in [-0.05, 0) is 76.3 Å². The van der Waals surface area contributed by atoms with Crippen molar-refractivity contribution in [3.8, 4) is 11.5 Å². The van der Waals surface area contributed by atoms with Crippen LogP contribution in [0.1, 0.15) is 61.9 Å². The van der Waals surface area contributed by atoms with Gasteiger partial charge in [-0.3, -0.25) is 4.79 Å². The number of halogens is 1. The van der Waals surface area contributed by atoms with Crippen molar-refractivity contribution in [3.63, 3.8) is 0 Å². The molecule has 0 bridgehead atoms. The number of aromatic nitrogens is 2. The van der Waals surface area contributed by atoms with Crippen molar-refractivity contribution in [2.75, 3.05) is 6.61 Å². The number of nitrogens with zero attached hydrogens (tertiary/aromatic N) is 3. The SMILES string of the molecule is CCOc1cc(C=Nn2c(C3CCCCC3)nc3ccccc3c2=O)c(Br)cc1OCc1cccc2ccccc12. The molecule has 1 heterocycles. The Balaban J connectivity index is 1.34. The van der Waals surface area contributed by atoms with Crippen LogP contribution in [0.25, 0.3) is 21.7 Å². The van der Waals surface area contributed by atoms with Gasteiger partial charge in [0.15, 0.2) is 11.5 Å². The first-order chi connectivity index (χ1) is 20.1. The van der Waals surface area contributed by atoms with Crippen LogP contribution in [0.15, 0.2) is 93.2 Å². The lowest BCUT2D eigenvalue weighted by Gasteiger charge is -2.22. The van der Waals surface area contributed by atoms with E-state index in [1.54, 1.807) is 6.21 Å². The quantitative estimate of drug-likeness (QED) is 0.166. The highest BCUT2D eigenvalue weighted by molar-refractivity contribution is 9.10. The fourth-order valence-electron chi connectivity index (χ4n) is 5.60. The van der Waals surface area contributed by atoms with Gasteiger partial charge in [-0.2, -0.15) is 9.78 Å². The molecule has 7 heteroatoms. The molecule has 0 N–H and O–H groups in total. The van der Waals surface area contributed by atoms with Gasteiger partial charge >= 0.3 is 0 Å². The Morgan fingerprint density at radius 2 is 1.66 bits per heavy atom. The van der Waals surface area contributed by atoms with E-state index < -0.39 is 0 Å². The van der Waals surface area contributed by atoms with E-state index in [0.717, 1.165) is 52.6 Å². The van der Waals surface area contributed by atoms with Gasteiger partial charge < -0.3 is 9.47 Å². The summed E-state index contributed by atoms with van der Waals surface area (Å²) in [7, 11) is 0. The highest BCUT2D eigenvalue weighted by Crippen LogP contribution is 2.35. The highest BCUT2D eigenvalue weighted by Gasteiger charge is 2.22. The molecule has 1 aliphatic carbocycles. The summed E-state index contributed by atoms with van der Waals surface area (Å²) in [4.78, 5) is 18.5. The lowest BCUT2D eigenvalue weighted by atomic mass is 9.88. The Kier molecular flexibility index (Phi) is 8.14. The van der Waals surface area contributed by atoms with E-state index in [1.165, 1.54) is 21.9 Å². The van der Waals surface area contributed by atoms with Gasteiger partial charge in [0.05, 0.1) is 23.7 Å². The molecule has 0 aliphatic heterocycles. The highest BCUT2D eigenvalue weighted by atomic mass is 79.9. The average molecular weight is 611 g/mol. The van der Waals surface area contributed by atoms with Crippen LogP contribution >= 0.6 is 15.9 Å². The lowest BCUT2D eigenvalue weighted by Crippen LogP contribution is -2.25. The van der Waals surface area contributed by atoms with Gasteiger partial charge in [0.25, 0.3) is 5.56 Å². The molecule has 6 nitrogen and oxygen atoms in total. The van der Waals surface area contributed by atoms with E-state index in [2.05, 4.69) is 40.2 Å². The molecular weight excluding hydrogens is 578 g/mol. The summed E-state index contributed by atoms with van der Waals surface area (Å²) in [5, 5.41) is 7.62. The third-order valence-corrected chi connectivity index (χ3v) is 8.37. The van der Waals surface area contributed by atoms with E-state index >= 15 is 0 Å². The van der Waals surface area contributed by atoms with E-state index in [1.807, 2.05) is 61.5 Å². The summed E-state index contributed by atoms with van der Waals surface area (Å²) in [6.45, 7) is 2.84. The summed E-state index contributed by atoms with van der Waals surface area (Å²) >= 11 is 3.70. The summed E-state index contributed by atoms with van der Waals surface area (Å²) in [6, 6.07) is 25.8. The number of benzene rings is 4. The van der Waals surface area contributed by atoms with Gasteiger partial charge in [0.2, 0.25) is 0 Å². The second kappa shape index (κ2) is 12.3. The molecule has 5 aromatic rings. The van der Waals surface area contributed by atoms with Crippen LogP contribution in [0, 0.1) is 0 Å². The zero-order valence-electron chi connectivity index (χ0n) is 23.1. The van der Waals surface area contributed by atoms with Crippen LogP contribution < -0.4 is 15.0 Å². The summed E-state index contributed by atoms with van der Waals surface area (Å²) < 4.78 is 14.5. The first kappa shape index (κ1) is 27.2. The lowest BCUT2D eigenvalue weighted by molar-refractivity contribution is 0.270. The minimum atomic E-state index is -0.149. The van der Waals surface area contributed by atoms with E-state index in [9.17, 15) is 4.79 Å². The number of para-hydroxylation sites is 1. The maximum Gasteiger partial charge on any atom is 0.282 e. The molecule has 0 amide bonds. The molecule has 0 saturated heterocycles. The second-order valence-corrected chi connectivity index (χ2v) is 11.2. The molecule has 6 rings (SSSR count). The number of hydrogen-bond acceptors (Lipinski definition) is 5. The molecule has 208 valence electrons. The van der Waals surface area contributed by atoms with Gasteiger partial charge in [-0.15, -0.1) is 0 Å². The predicted octanol–water partition coefficient (Wildman–Crippen LogP) is 8.22. The van der Waals surface area contributed by atoms with Crippen molar-refractivity contribution in [1.29, 1.82) is 0 Å². The molecule has 41 heavy (non-hydrogen) atoms. The van der Waals surface area contributed by atoms with Gasteiger partial charge in [0, 0.05) is 16.0 Å². The molecule has 1 saturated carbocycles. The van der Waals surface area contributed by atoms with Crippen molar-refractivity contribution in [1.82, 2.24) is 9.66 Å². The smallest absolute Gasteiger partial charge is 0.282 e. The van der Waals surface area contributed by atoms with Crippen molar-refractivity contribution in [2.45, 2.75) is 51.6 Å². The first-order valence-electron chi connectivity index (χ1n) is 14.2. The maximum atomic E-state index is 13.6. The molecule has 1 aromatic heterocycles. The van der Waals surface area contributed by atoms with Crippen LogP contribution in [-0.2, 0) is 6.61 Å². The van der Waals surface area contributed by atoms with Crippen molar-refractivity contribution >= 4 is 43.8 Å². The monoisotopic (exact) mass is 609 g/mol.